The van der Waals surface area contributed by atoms with Crippen LogP contribution in [0, 0.1) is 0 Å². The van der Waals surface area contributed by atoms with Gasteiger partial charge in [0.25, 0.3) is 0 Å². The van der Waals surface area contributed by atoms with E-state index in [9.17, 15) is 13.2 Å². The van der Waals surface area contributed by atoms with E-state index in [0.29, 0.717) is 12.5 Å². The third-order valence-electron chi connectivity index (χ3n) is 2.65. The molecule has 2 rings (SSSR count). The van der Waals surface area contributed by atoms with E-state index in [1.165, 1.54) is 12.1 Å². The number of benzene rings is 1. The molecule has 1 fully saturated rings. The molecule has 0 radical (unpaired) electrons. The van der Waals surface area contributed by atoms with Gasteiger partial charge in [-0.3, -0.25) is 0 Å². The number of hydrogen-bond acceptors (Lipinski definition) is 1. The van der Waals surface area contributed by atoms with Crippen LogP contribution in [-0.2, 0) is 17.3 Å². The fourth-order valence-corrected chi connectivity index (χ4v) is 1.67. The van der Waals surface area contributed by atoms with Crippen molar-refractivity contribution in [2.75, 3.05) is 6.61 Å². The molecule has 4 heteroatoms. The Kier molecular flexibility index (Phi) is 3.19. The number of alkyl halides is 3. The minimum Gasteiger partial charge on any atom is -0.373 e. The molecule has 1 aliphatic heterocycles. The molecule has 0 N–H and O–H groups in total. The molecule has 0 aliphatic carbocycles. The molecular weight excluding hydrogens is 217 g/mol. The molecule has 1 saturated heterocycles. The second kappa shape index (κ2) is 4.45. The van der Waals surface area contributed by atoms with Gasteiger partial charge in [0.1, 0.15) is 0 Å². The predicted octanol–water partition coefficient (Wildman–Crippen LogP) is 3.43. The van der Waals surface area contributed by atoms with Gasteiger partial charge in [0.15, 0.2) is 0 Å². The summed E-state index contributed by atoms with van der Waals surface area (Å²) in [6, 6.07) is 5.54. The topological polar surface area (TPSA) is 12.5 Å². The normalized spacial score (nSPS) is 19.8. The smallest absolute Gasteiger partial charge is 0.373 e. The van der Waals surface area contributed by atoms with E-state index in [0.717, 1.165) is 31.1 Å². The van der Waals surface area contributed by atoms with Crippen molar-refractivity contribution in [3.8, 4) is 0 Å². The van der Waals surface area contributed by atoms with Crippen LogP contribution in [0.4, 0.5) is 13.2 Å². The van der Waals surface area contributed by atoms with Gasteiger partial charge in [-0.05, 0) is 30.9 Å². The van der Waals surface area contributed by atoms with Crippen molar-refractivity contribution >= 4 is 0 Å². The summed E-state index contributed by atoms with van der Waals surface area (Å²) in [6.07, 6.45) is -1.38. The fraction of sp³-hybridized carbons (Fsp3) is 0.500. The summed E-state index contributed by atoms with van der Waals surface area (Å²) in [5, 5.41) is 0. The van der Waals surface area contributed by atoms with E-state index < -0.39 is 11.7 Å². The van der Waals surface area contributed by atoms with Crippen molar-refractivity contribution in [3.63, 3.8) is 0 Å². The van der Waals surface area contributed by atoms with Gasteiger partial charge >= 0.3 is 6.18 Å². The highest BCUT2D eigenvalue weighted by atomic mass is 19.4. The van der Waals surface area contributed by atoms with Gasteiger partial charge in [-0.2, -0.15) is 13.2 Å². The highest BCUT2D eigenvalue weighted by Crippen LogP contribution is 2.30. The summed E-state index contributed by atoms with van der Waals surface area (Å²) in [5.74, 6) is 0. The van der Waals surface area contributed by atoms with Crippen molar-refractivity contribution in [2.45, 2.75) is 31.5 Å². The van der Waals surface area contributed by atoms with Crippen molar-refractivity contribution < 1.29 is 17.9 Å². The van der Waals surface area contributed by atoms with Crippen molar-refractivity contribution in [1.82, 2.24) is 0 Å². The molecule has 0 bridgehead atoms. The third-order valence-corrected chi connectivity index (χ3v) is 2.65. The van der Waals surface area contributed by atoms with E-state index in [4.69, 9.17) is 4.74 Å². The zero-order valence-electron chi connectivity index (χ0n) is 8.76. The first kappa shape index (κ1) is 11.5. The van der Waals surface area contributed by atoms with Crippen LogP contribution < -0.4 is 0 Å². The number of aryl methyl sites for hydroxylation is 1. The first-order chi connectivity index (χ1) is 7.55. The van der Waals surface area contributed by atoms with E-state index in [2.05, 4.69) is 0 Å². The fourth-order valence-electron chi connectivity index (χ4n) is 1.67. The zero-order valence-corrected chi connectivity index (χ0v) is 8.76. The second-order valence-electron chi connectivity index (χ2n) is 4.05. The van der Waals surface area contributed by atoms with Crippen LogP contribution in [0.3, 0.4) is 0 Å². The summed E-state index contributed by atoms with van der Waals surface area (Å²) >= 11 is 0. The van der Waals surface area contributed by atoms with E-state index >= 15 is 0 Å². The molecular formula is C12H13F3O. The maximum Gasteiger partial charge on any atom is 0.416 e. The van der Waals surface area contributed by atoms with Crippen LogP contribution in [-0.4, -0.2) is 12.7 Å². The molecule has 1 aromatic rings. The third kappa shape index (κ3) is 3.23. The maximum atomic E-state index is 12.4. The molecule has 1 unspecified atom stereocenters. The van der Waals surface area contributed by atoms with E-state index in [-0.39, 0.29) is 0 Å². The van der Waals surface area contributed by atoms with Gasteiger partial charge in [0.05, 0.1) is 18.3 Å². The van der Waals surface area contributed by atoms with Crippen molar-refractivity contribution in [3.05, 3.63) is 35.4 Å². The molecule has 1 atom stereocenters. The molecule has 0 spiro atoms. The Morgan fingerprint density at radius 1 is 1.31 bits per heavy atom. The molecule has 1 nitrogen and oxygen atoms in total. The monoisotopic (exact) mass is 230 g/mol. The highest BCUT2D eigenvalue weighted by Gasteiger charge is 2.30. The van der Waals surface area contributed by atoms with Crippen LogP contribution in [0.25, 0.3) is 0 Å². The second-order valence-corrected chi connectivity index (χ2v) is 4.05. The van der Waals surface area contributed by atoms with Gasteiger partial charge in [-0.1, -0.05) is 18.2 Å². The van der Waals surface area contributed by atoms with Crippen LogP contribution >= 0.6 is 0 Å². The van der Waals surface area contributed by atoms with E-state index in [1.54, 1.807) is 6.07 Å². The zero-order chi connectivity index (χ0) is 11.6. The Labute approximate surface area is 92.2 Å². The predicted molar refractivity (Wildman–Crippen MR) is 54.1 cm³/mol. The van der Waals surface area contributed by atoms with Gasteiger partial charge in [0, 0.05) is 0 Å². The van der Waals surface area contributed by atoms with Gasteiger partial charge in [0.2, 0.25) is 0 Å². The largest absolute Gasteiger partial charge is 0.416 e. The molecule has 1 aromatic carbocycles. The Morgan fingerprint density at radius 2 is 2.06 bits per heavy atom. The Hall–Kier alpha value is -1.03. The first-order valence-electron chi connectivity index (χ1n) is 5.33. The number of hydrogen-bond donors (Lipinski definition) is 0. The van der Waals surface area contributed by atoms with Gasteiger partial charge in [-0.15, -0.1) is 0 Å². The SMILES string of the molecule is FC(F)(F)c1cccc(CCCC2CO2)c1. The Balaban J connectivity index is 1.92. The number of ether oxygens (including phenoxy) is 1. The van der Waals surface area contributed by atoms with Crippen LogP contribution in [0.1, 0.15) is 24.0 Å². The molecule has 1 aliphatic rings. The lowest BCUT2D eigenvalue weighted by Gasteiger charge is -2.08. The van der Waals surface area contributed by atoms with Crippen molar-refractivity contribution in [2.24, 2.45) is 0 Å². The number of rotatable bonds is 4. The summed E-state index contributed by atoms with van der Waals surface area (Å²) < 4.78 is 42.3. The standard InChI is InChI=1S/C12H13F3O/c13-12(14,15)10-5-1-3-9(7-10)4-2-6-11-8-16-11/h1,3,5,7,11H,2,4,6,8H2. The number of epoxide rings is 1. The highest BCUT2D eigenvalue weighted by molar-refractivity contribution is 5.25. The number of halogens is 3. The van der Waals surface area contributed by atoms with Crippen LogP contribution in [0.5, 0.6) is 0 Å². The lowest BCUT2D eigenvalue weighted by atomic mass is 10.0. The summed E-state index contributed by atoms with van der Waals surface area (Å²) in [4.78, 5) is 0. The van der Waals surface area contributed by atoms with Gasteiger partial charge < -0.3 is 4.74 Å². The molecule has 0 saturated carbocycles. The Bertz CT molecular complexity index is 356. The molecule has 88 valence electrons. The summed E-state index contributed by atoms with van der Waals surface area (Å²) in [7, 11) is 0. The molecule has 0 aromatic heterocycles. The lowest BCUT2D eigenvalue weighted by Crippen LogP contribution is -2.05. The van der Waals surface area contributed by atoms with Crippen LogP contribution in [0.2, 0.25) is 0 Å². The van der Waals surface area contributed by atoms with Crippen LogP contribution in [0.15, 0.2) is 24.3 Å². The van der Waals surface area contributed by atoms with Crippen molar-refractivity contribution in [1.29, 1.82) is 0 Å². The average Bonchev–Trinajstić information content (AvgIpc) is 3.01. The molecule has 16 heavy (non-hydrogen) atoms. The summed E-state index contributed by atoms with van der Waals surface area (Å²) in [6.45, 7) is 0.808. The minimum atomic E-state index is -4.24. The van der Waals surface area contributed by atoms with Gasteiger partial charge in [-0.25, -0.2) is 0 Å². The average molecular weight is 230 g/mol. The lowest BCUT2D eigenvalue weighted by molar-refractivity contribution is -0.137. The first-order valence-corrected chi connectivity index (χ1v) is 5.33. The maximum absolute atomic E-state index is 12.4. The molecule has 1 heterocycles. The Morgan fingerprint density at radius 3 is 2.69 bits per heavy atom. The minimum absolute atomic E-state index is 0.353. The quantitative estimate of drug-likeness (QED) is 0.722. The molecule has 0 amide bonds. The van der Waals surface area contributed by atoms with E-state index in [1.807, 2.05) is 0 Å². The summed E-state index contributed by atoms with van der Waals surface area (Å²) in [5.41, 5.74) is 0.183.